The van der Waals surface area contributed by atoms with Crippen molar-refractivity contribution in [2.75, 3.05) is 10.6 Å². The van der Waals surface area contributed by atoms with E-state index in [1.165, 1.54) is 36.4 Å². The van der Waals surface area contributed by atoms with Gasteiger partial charge in [0.05, 0.1) is 5.69 Å². The highest BCUT2D eigenvalue weighted by Crippen LogP contribution is 2.23. The Kier molecular flexibility index (Phi) is 5.47. The third-order valence-electron chi connectivity index (χ3n) is 3.85. The molecule has 0 aliphatic rings. The molecule has 2 aromatic carbocycles. The maximum absolute atomic E-state index is 13.7. The Hall–Kier alpha value is -3.25. The third kappa shape index (κ3) is 4.30. The quantitative estimate of drug-likeness (QED) is 0.686. The van der Waals surface area contributed by atoms with Crippen molar-refractivity contribution in [1.82, 2.24) is 4.98 Å². The lowest BCUT2D eigenvalue weighted by atomic mass is 10.2. The number of nitrogens with zero attached hydrogens (tertiary/aromatic N) is 1. The standard InChI is InChI=1S/C20H15ClFN3O2/c1-12-13(21)6-4-9-15(12)24-19(26)17-10-5-11-18(23-17)20(27)25-16-8-3-2-7-14(16)22/h2-11H,1H3,(H,24,26)(H,25,27). The number of benzene rings is 2. The first-order valence-electron chi connectivity index (χ1n) is 8.05. The zero-order chi connectivity index (χ0) is 19.4. The Balaban J connectivity index is 1.78. The van der Waals surface area contributed by atoms with E-state index in [0.717, 1.165) is 5.56 Å². The molecule has 0 saturated carbocycles. The van der Waals surface area contributed by atoms with Gasteiger partial charge in [0.25, 0.3) is 11.8 Å². The van der Waals surface area contributed by atoms with Crippen molar-refractivity contribution in [3.05, 3.63) is 88.5 Å². The number of hydrogen-bond acceptors (Lipinski definition) is 3. The predicted octanol–water partition coefficient (Wildman–Crippen LogP) is 4.69. The summed E-state index contributed by atoms with van der Waals surface area (Å²) in [5.74, 6) is -1.66. The molecule has 0 radical (unpaired) electrons. The van der Waals surface area contributed by atoms with Gasteiger partial charge < -0.3 is 10.6 Å². The highest BCUT2D eigenvalue weighted by molar-refractivity contribution is 6.31. The van der Waals surface area contributed by atoms with E-state index >= 15 is 0 Å². The molecule has 1 heterocycles. The summed E-state index contributed by atoms with van der Waals surface area (Å²) in [5.41, 5.74) is 1.36. The highest BCUT2D eigenvalue weighted by Gasteiger charge is 2.15. The summed E-state index contributed by atoms with van der Waals surface area (Å²) in [4.78, 5) is 28.8. The largest absolute Gasteiger partial charge is 0.320 e. The van der Waals surface area contributed by atoms with Crippen LogP contribution in [0.1, 0.15) is 26.5 Å². The minimum atomic E-state index is -0.617. The van der Waals surface area contributed by atoms with Gasteiger partial charge in [-0.3, -0.25) is 9.59 Å². The van der Waals surface area contributed by atoms with Crippen LogP contribution in [0.25, 0.3) is 0 Å². The van der Waals surface area contributed by atoms with Crippen LogP contribution in [0.15, 0.2) is 60.7 Å². The summed E-state index contributed by atoms with van der Waals surface area (Å²) >= 11 is 6.05. The predicted molar refractivity (Wildman–Crippen MR) is 103 cm³/mol. The van der Waals surface area contributed by atoms with Gasteiger partial charge in [0.15, 0.2) is 0 Å². The molecule has 7 heteroatoms. The van der Waals surface area contributed by atoms with E-state index in [1.807, 2.05) is 0 Å². The molecule has 3 aromatic rings. The highest BCUT2D eigenvalue weighted by atomic mass is 35.5. The molecule has 27 heavy (non-hydrogen) atoms. The van der Waals surface area contributed by atoms with Crippen LogP contribution in [-0.2, 0) is 0 Å². The number of carbonyl (C=O) groups excluding carboxylic acids is 2. The number of pyridine rings is 1. The summed E-state index contributed by atoms with van der Waals surface area (Å²) in [5, 5.41) is 5.67. The molecular weight excluding hydrogens is 369 g/mol. The minimum absolute atomic E-state index is 0.00582. The number of anilines is 2. The van der Waals surface area contributed by atoms with E-state index in [2.05, 4.69) is 15.6 Å². The Bertz CT molecular complexity index is 1020. The first-order valence-corrected chi connectivity index (χ1v) is 8.43. The van der Waals surface area contributed by atoms with E-state index in [9.17, 15) is 14.0 Å². The minimum Gasteiger partial charge on any atom is -0.320 e. The van der Waals surface area contributed by atoms with Gasteiger partial charge in [-0.15, -0.1) is 0 Å². The number of carbonyl (C=O) groups is 2. The number of rotatable bonds is 4. The zero-order valence-corrected chi connectivity index (χ0v) is 15.0. The molecule has 0 aliphatic carbocycles. The molecule has 2 amide bonds. The second kappa shape index (κ2) is 7.97. The van der Waals surface area contributed by atoms with Crippen LogP contribution < -0.4 is 10.6 Å². The van der Waals surface area contributed by atoms with Crippen LogP contribution in [-0.4, -0.2) is 16.8 Å². The fraction of sp³-hybridized carbons (Fsp3) is 0.0500. The third-order valence-corrected chi connectivity index (χ3v) is 4.26. The van der Waals surface area contributed by atoms with Gasteiger partial charge in [0, 0.05) is 10.7 Å². The average Bonchev–Trinajstić information content (AvgIpc) is 2.67. The molecule has 136 valence electrons. The average molecular weight is 384 g/mol. The Morgan fingerprint density at radius 3 is 2.07 bits per heavy atom. The van der Waals surface area contributed by atoms with Crippen molar-refractivity contribution in [1.29, 1.82) is 0 Å². The van der Waals surface area contributed by atoms with E-state index in [4.69, 9.17) is 11.6 Å². The normalized spacial score (nSPS) is 10.3. The Labute approximate surface area is 160 Å². The first-order chi connectivity index (χ1) is 13.0. The van der Waals surface area contributed by atoms with E-state index in [0.29, 0.717) is 10.7 Å². The first kappa shape index (κ1) is 18.5. The lowest BCUT2D eigenvalue weighted by Crippen LogP contribution is -2.19. The topological polar surface area (TPSA) is 71.1 Å². The lowest BCUT2D eigenvalue weighted by molar-refractivity contribution is 0.101. The van der Waals surface area contributed by atoms with Gasteiger partial charge in [-0.1, -0.05) is 35.9 Å². The van der Waals surface area contributed by atoms with Gasteiger partial charge in [0.1, 0.15) is 17.2 Å². The number of nitrogens with one attached hydrogen (secondary N) is 2. The van der Waals surface area contributed by atoms with Gasteiger partial charge >= 0.3 is 0 Å². The lowest BCUT2D eigenvalue weighted by Gasteiger charge is -2.10. The van der Waals surface area contributed by atoms with Crippen LogP contribution in [0.4, 0.5) is 15.8 Å². The molecule has 0 bridgehead atoms. The maximum Gasteiger partial charge on any atom is 0.274 e. The molecule has 0 spiro atoms. The number of aromatic nitrogens is 1. The van der Waals surface area contributed by atoms with Crippen molar-refractivity contribution in [2.45, 2.75) is 6.92 Å². The van der Waals surface area contributed by atoms with E-state index in [1.54, 1.807) is 31.2 Å². The molecule has 5 nitrogen and oxygen atoms in total. The Morgan fingerprint density at radius 1 is 0.852 bits per heavy atom. The summed E-state index contributed by atoms with van der Waals surface area (Å²) in [7, 11) is 0. The number of halogens is 2. The second-order valence-corrected chi connectivity index (χ2v) is 6.12. The summed E-state index contributed by atoms with van der Waals surface area (Å²) < 4.78 is 13.7. The molecule has 0 aliphatic heterocycles. The van der Waals surface area contributed by atoms with Gasteiger partial charge in [0.2, 0.25) is 0 Å². The molecule has 0 unspecified atom stereocenters. The summed E-state index contributed by atoms with van der Waals surface area (Å²) in [6.45, 7) is 1.78. The van der Waals surface area contributed by atoms with Gasteiger partial charge in [-0.05, 0) is 48.9 Å². The number of para-hydroxylation sites is 1. The monoisotopic (exact) mass is 383 g/mol. The van der Waals surface area contributed by atoms with Crippen LogP contribution >= 0.6 is 11.6 Å². The van der Waals surface area contributed by atoms with Crippen LogP contribution in [0.3, 0.4) is 0 Å². The van der Waals surface area contributed by atoms with E-state index in [-0.39, 0.29) is 17.1 Å². The number of amides is 2. The van der Waals surface area contributed by atoms with Crippen molar-refractivity contribution in [2.24, 2.45) is 0 Å². The number of hydrogen-bond donors (Lipinski definition) is 2. The van der Waals surface area contributed by atoms with Gasteiger partial charge in [-0.2, -0.15) is 0 Å². The van der Waals surface area contributed by atoms with Crippen molar-refractivity contribution >= 4 is 34.8 Å². The fourth-order valence-corrected chi connectivity index (χ4v) is 2.54. The van der Waals surface area contributed by atoms with Crippen LogP contribution in [0.5, 0.6) is 0 Å². The van der Waals surface area contributed by atoms with Gasteiger partial charge in [-0.25, -0.2) is 9.37 Å². The zero-order valence-electron chi connectivity index (χ0n) is 14.3. The van der Waals surface area contributed by atoms with E-state index < -0.39 is 17.6 Å². The van der Waals surface area contributed by atoms with Crippen molar-refractivity contribution in [3.8, 4) is 0 Å². The molecule has 0 fully saturated rings. The smallest absolute Gasteiger partial charge is 0.274 e. The van der Waals surface area contributed by atoms with Crippen LogP contribution in [0.2, 0.25) is 5.02 Å². The van der Waals surface area contributed by atoms with Crippen molar-refractivity contribution in [3.63, 3.8) is 0 Å². The molecule has 0 atom stereocenters. The van der Waals surface area contributed by atoms with Crippen molar-refractivity contribution < 1.29 is 14.0 Å². The maximum atomic E-state index is 13.7. The summed E-state index contributed by atoms with van der Waals surface area (Å²) in [6.07, 6.45) is 0. The SMILES string of the molecule is Cc1c(Cl)cccc1NC(=O)c1cccc(C(=O)Nc2ccccc2F)n1. The van der Waals surface area contributed by atoms with Crippen LogP contribution in [0, 0.1) is 12.7 Å². The molecular formula is C20H15ClFN3O2. The molecule has 1 aromatic heterocycles. The second-order valence-electron chi connectivity index (χ2n) is 5.71. The molecule has 3 rings (SSSR count). The fourth-order valence-electron chi connectivity index (χ4n) is 2.37. The molecule has 2 N–H and O–H groups in total. The molecule has 0 saturated heterocycles. The summed E-state index contributed by atoms with van der Waals surface area (Å²) in [6, 6.07) is 15.4. The Morgan fingerprint density at radius 2 is 1.41 bits per heavy atom.